The Morgan fingerprint density at radius 1 is 1.03 bits per heavy atom. The Morgan fingerprint density at radius 3 is 2.49 bits per heavy atom. The number of nitrogens with one attached hydrogen (secondary N) is 1. The van der Waals surface area contributed by atoms with Crippen LogP contribution in [0.3, 0.4) is 0 Å². The predicted octanol–water partition coefficient (Wildman–Crippen LogP) is 5.97. The molecule has 5 nitrogen and oxygen atoms in total. The number of hydrogen-bond acceptors (Lipinski definition) is 4. The Balaban J connectivity index is 1.19. The highest BCUT2D eigenvalue weighted by molar-refractivity contribution is 6.42. The van der Waals surface area contributed by atoms with E-state index in [0.717, 1.165) is 55.6 Å². The first-order valence-electron chi connectivity index (χ1n) is 12.3. The summed E-state index contributed by atoms with van der Waals surface area (Å²) < 4.78 is 0. The summed E-state index contributed by atoms with van der Waals surface area (Å²) in [4.78, 5) is 23.8. The molecule has 184 valence electrons. The molecular weight excluding hydrogens is 479 g/mol. The van der Waals surface area contributed by atoms with E-state index in [1.165, 1.54) is 5.56 Å². The lowest BCUT2D eigenvalue weighted by Crippen LogP contribution is -2.40. The minimum Gasteiger partial charge on any atom is -0.356 e. The normalized spacial score (nSPS) is 16.3. The highest BCUT2D eigenvalue weighted by Gasteiger charge is 2.20. The van der Waals surface area contributed by atoms with Crippen molar-refractivity contribution >= 4 is 29.1 Å². The molecule has 0 radical (unpaired) electrons. The molecule has 2 heterocycles. The number of amides is 1. The summed E-state index contributed by atoms with van der Waals surface area (Å²) in [5, 5.41) is 4.29. The van der Waals surface area contributed by atoms with Crippen LogP contribution in [0.4, 0.5) is 0 Å². The number of aromatic nitrogens is 2. The summed E-state index contributed by atoms with van der Waals surface area (Å²) in [6.07, 6.45) is 7.89. The van der Waals surface area contributed by atoms with E-state index in [2.05, 4.69) is 51.4 Å². The zero-order chi connectivity index (χ0) is 24.6. The number of carbonyl (C=O) groups is 1. The van der Waals surface area contributed by atoms with Gasteiger partial charge in [-0.15, -0.1) is 0 Å². The summed E-state index contributed by atoms with van der Waals surface area (Å²) in [6, 6.07) is 14.3. The van der Waals surface area contributed by atoms with E-state index in [1.807, 2.05) is 30.6 Å². The van der Waals surface area contributed by atoms with Crippen LogP contribution in [0, 0.1) is 5.92 Å². The highest BCUT2D eigenvalue weighted by atomic mass is 35.5. The molecule has 1 aliphatic heterocycles. The van der Waals surface area contributed by atoms with E-state index in [4.69, 9.17) is 23.2 Å². The number of carbonyl (C=O) groups excluding carboxylic acids is 1. The molecule has 1 fully saturated rings. The number of benzene rings is 2. The molecular formula is C28H32Cl2N4O. The van der Waals surface area contributed by atoms with Gasteiger partial charge in [0.1, 0.15) is 5.82 Å². The monoisotopic (exact) mass is 510 g/mol. The van der Waals surface area contributed by atoms with Gasteiger partial charge in [-0.25, -0.2) is 9.97 Å². The molecule has 3 aromatic rings. The Hall–Kier alpha value is -2.47. The lowest BCUT2D eigenvalue weighted by atomic mass is 9.97. The number of aryl methyl sites for hydroxylation is 2. The van der Waals surface area contributed by atoms with Gasteiger partial charge in [0.25, 0.3) is 0 Å². The highest BCUT2D eigenvalue weighted by Crippen LogP contribution is 2.25. The van der Waals surface area contributed by atoms with Gasteiger partial charge in [-0.2, -0.15) is 0 Å². The van der Waals surface area contributed by atoms with Crippen LogP contribution in [0.5, 0.6) is 0 Å². The molecule has 1 amide bonds. The Bertz CT molecular complexity index is 1120. The standard InChI is InChI=1S/C28H32Cl2N4O/c1-2-20-5-8-23(9-6-20)24-16-31-27(32-17-24)11-12-28(35)33-15-22-4-3-13-34(19-22)18-21-7-10-25(29)26(30)14-21/h5-10,14,16-17,22H,2-4,11-13,15,18-19H2,1H3,(H,33,35). The molecule has 0 aliphatic carbocycles. The molecule has 1 saturated heterocycles. The fraction of sp³-hybridized carbons (Fsp3) is 0.393. The van der Waals surface area contributed by atoms with Gasteiger partial charge < -0.3 is 5.32 Å². The fourth-order valence-corrected chi connectivity index (χ4v) is 4.82. The first-order valence-corrected chi connectivity index (χ1v) is 13.1. The number of piperidine rings is 1. The molecule has 7 heteroatoms. The van der Waals surface area contributed by atoms with Gasteiger partial charge in [0.15, 0.2) is 0 Å². The lowest BCUT2D eigenvalue weighted by Gasteiger charge is -2.33. The topological polar surface area (TPSA) is 58.1 Å². The largest absolute Gasteiger partial charge is 0.356 e. The van der Waals surface area contributed by atoms with E-state index in [1.54, 1.807) is 0 Å². The van der Waals surface area contributed by atoms with Crippen molar-refractivity contribution in [3.05, 3.63) is 81.9 Å². The molecule has 35 heavy (non-hydrogen) atoms. The van der Waals surface area contributed by atoms with E-state index >= 15 is 0 Å². The van der Waals surface area contributed by atoms with E-state index in [-0.39, 0.29) is 5.91 Å². The molecule has 0 saturated carbocycles. The van der Waals surface area contributed by atoms with Gasteiger partial charge in [-0.1, -0.05) is 60.5 Å². The molecule has 1 N–H and O–H groups in total. The summed E-state index contributed by atoms with van der Waals surface area (Å²) in [6.45, 7) is 5.71. The Kier molecular flexibility index (Phi) is 9.13. The average molecular weight is 511 g/mol. The maximum absolute atomic E-state index is 12.4. The Morgan fingerprint density at radius 2 is 1.77 bits per heavy atom. The van der Waals surface area contributed by atoms with Gasteiger partial charge in [0, 0.05) is 50.4 Å². The summed E-state index contributed by atoms with van der Waals surface area (Å²) in [5.74, 6) is 1.19. The van der Waals surface area contributed by atoms with E-state index < -0.39 is 0 Å². The van der Waals surface area contributed by atoms with Crippen molar-refractivity contribution in [3.8, 4) is 11.1 Å². The van der Waals surface area contributed by atoms with Crippen molar-refractivity contribution in [1.29, 1.82) is 0 Å². The maximum atomic E-state index is 12.4. The van der Waals surface area contributed by atoms with Crippen molar-refractivity contribution in [2.24, 2.45) is 5.92 Å². The second-order valence-corrected chi connectivity index (χ2v) is 10.0. The van der Waals surface area contributed by atoms with Gasteiger partial charge in [-0.05, 0) is 60.5 Å². The summed E-state index contributed by atoms with van der Waals surface area (Å²) in [5.41, 5.74) is 4.56. The van der Waals surface area contributed by atoms with Gasteiger partial charge in [-0.3, -0.25) is 9.69 Å². The van der Waals surface area contributed by atoms with Crippen LogP contribution in [0.2, 0.25) is 10.0 Å². The zero-order valence-corrected chi connectivity index (χ0v) is 21.7. The van der Waals surface area contributed by atoms with E-state index in [0.29, 0.717) is 41.2 Å². The summed E-state index contributed by atoms with van der Waals surface area (Å²) in [7, 11) is 0. The van der Waals surface area contributed by atoms with Gasteiger partial charge in [0.2, 0.25) is 5.91 Å². The van der Waals surface area contributed by atoms with Crippen LogP contribution in [0.1, 0.15) is 43.1 Å². The van der Waals surface area contributed by atoms with Crippen LogP contribution in [0.25, 0.3) is 11.1 Å². The number of hydrogen-bond donors (Lipinski definition) is 1. The van der Waals surface area contributed by atoms with Gasteiger partial charge >= 0.3 is 0 Å². The van der Waals surface area contributed by atoms with Crippen molar-refractivity contribution in [3.63, 3.8) is 0 Å². The van der Waals surface area contributed by atoms with Gasteiger partial charge in [0.05, 0.1) is 10.0 Å². The van der Waals surface area contributed by atoms with Crippen LogP contribution >= 0.6 is 23.2 Å². The van der Waals surface area contributed by atoms with Crippen LogP contribution < -0.4 is 5.32 Å². The average Bonchev–Trinajstić information content (AvgIpc) is 2.89. The van der Waals surface area contributed by atoms with Crippen LogP contribution in [-0.4, -0.2) is 40.4 Å². The predicted molar refractivity (Wildman–Crippen MR) is 143 cm³/mol. The second-order valence-electron chi connectivity index (χ2n) is 9.23. The quantitative estimate of drug-likeness (QED) is 0.384. The van der Waals surface area contributed by atoms with E-state index in [9.17, 15) is 4.79 Å². The zero-order valence-electron chi connectivity index (χ0n) is 20.1. The maximum Gasteiger partial charge on any atom is 0.220 e. The molecule has 0 spiro atoms. The number of rotatable bonds is 9. The third-order valence-corrected chi connectivity index (χ3v) is 7.30. The molecule has 1 aromatic heterocycles. The van der Waals surface area contributed by atoms with Crippen molar-refractivity contribution < 1.29 is 4.79 Å². The first kappa shape index (κ1) is 25.6. The molecule has 2 aromatic carbocycles. The molecule has 1 unspecified atom stereocenters. The third kappa shape index (κ3) is 7.50. The van der Waals surface area contributed by atoms with Crippen LogP contribution in [-0.2, 0) is 24.2 Å². The number of likely N-dealkylation sites (tertiary alicyclic amines) is 1. The summed E-state index contributed by atoms with van der Waals surface area (Å²) >= 11 is 12.2. The van der Waals surface area contributed by atoms with Crippen molar-refractivity contribution in [1.82, 2.24) is 20.2 Å². The minimum absolute atomic E-state index is 0.0504. The second kappa shape index (κ2) is 12.5. The molecule has 1 atom stereocenters. The lowest BCUT2D eigenvalue weighted by molar-refractivity contribution is -0.121. The smallest absolute Gasteiger partial charge is 0.220 e. The van der Waals surface area contributed by atoms with Crippen molar-refractivity contribution in [2.45, 2.75) is 45.6 Å². The SMILES string of the molecule is CCc1ccc(-c2cnc(CCC(=O)NCC3CCCN(Cc4ccc(Cl)c(Cl)c4)C3)nc2)cc1. The fourth-order valence-electron chi connectivity index (χ4n) is 4.50. The van der Waals surface area contributed by atoms with Crippen molar-refractivity contribution in [2.75, 3.05) is 19.6 Å². The van der Waals surface area contributed by atoms with Crippen LogP contribution in [0.15, 0.2) is 54.9 Å². The first-order chi connectivity index (χ1) is 17.0. The Labute approximate surface area is 217 Å². The molecule has 1 aliphatic rings. The third-order valence-electron chi connectivity index (χ3n) is 6.56. The number of nitrogens with zero attached hydrogens (tertiary/aromatic N) is 3. The minimum atomic E-state index is 0.0504. The molecule has 0 bridgehead atoms. The molecule has 4 rings (SSSR count). The number of halogens is 2.